The highest BCUT2D eigenvalue weighted by Crippen LogP contribution is 2.32. The van der Waals surface area contributed by atoms with Gasteiger partial charge in [0.2, 0.25) is 5.91 Å². The van der Waals surface area contributed by atoms with E-state index in [2.05, 4.69) is 10.2 Å². The van der Waals surface area contributed by atoms with Crippen molar-refractivity contribution in [2.75, 3.05) is 43.5 Å². The van der Waals surface area contributed by atoms with E-state index >= 15 is 0 Å². The van der Waals surface area contributed by atoms with Gasteiger partial charge in [0.15, 0.2) is 0 Å². The highest BCUT2D eigenvalue weighted by atomic mass is 16.6. The predicted molar refractivity (Wildman–Crippen MR) is 104 cm³/mol. The largest absolute Gasteiger partial charge is 0.496 e. The van der Waals surface area contributed by atoms with Crippen LogP contribution in [0.3, 0.4) is 0 Å². The molecule has 1 aliphatic rings. The minimum absolute atomic E-state index is 0.0465. The molecule has 8 nitrogen and oxygen atoms in total. The van der Waals surface area contributed by atoms with Crippen molar-refractivity contribution in [1.29, 1.82) is 0 Å². The minimum Gasteiger partial charge on any atom is -0.496 e. The second-order valence-electron chi connectivity index (χ2n) is 6.31. The van der Waals surface area contributed by atoms with E-state index < -0.39 is 4.92 Å². The normalized spacial score (nSPS) is 14.0. The maximum Gasteiger partial charge on any atom is 0.296 e. The summed E-state index contributed by atoms with van der Waals surface area (Å²) in [5, 5.41) is 14.5. The molecule has 1 aliphatic heterocycles. The number of nitro groups is 1. The number of carbonyl (C=O) groups excluding carboxylic acids is 1. The van der Waals surface area contributed by atoms with Crippen molar-refractivity contribution in [1.82, 2.24) is 4.90 Å². The summed E-state index contributed by atoms with van der Waals surface area (Å²) in [5.41, 5.74) is 2.13. The number of carbonyl (C=O) groups is 1. The fraction of sp³-hybridized carbons (Fsp3) is 0.316. The van der Waals surface area contributed by atoms with Crippen molar-refractivity contribution in [2.45, 2.75) is 6.92 Å². The van der Waals surface area contributed by atoms with Crippen molar-refractivity contribution >= 4 is 28.7 Å². The van der Waals surface area contributed by atoms with Gasteiger partial charge in [-0.15, -0.1) is 0 Å². The van der Waals surface area contributed by atoms with Gasteiger partial charge in [-0.05, 0) is 30.3 Å². The number of rotatable bonds is 5. The Morgan fingerprint density at radius 1 is 1.15 bits per heavy atom. The van der Waals surface area contributed by atoms with E-state index in [4.69, 9.17) is 4.74 Å². The highest BCUT2D eigenvalue weighted by Gasteiger charge is 2.19. The Balaban J connectivity index is 1.77. The van der Waals surface area contributed by atoms with E-state index in [0.29, 0.717) is 24.5 Å². The second kappa shape index (κ2) is 7.94. The molecular weight excluding hydrogens is 348 g/mol. The lowest BCUT2D eigenvalue weighted by Crippen LogP contribution is -2.48. The van der Waals surface area contributed by atoms with Gasteiger partial charge in [0.1, 0.15) is 11.4 Å². The van der Waals surface area contributed by atoms with E-state index in [1.807, 2.05) is 29.2 Å². The first-order valence-corrected chi connectivity index (χ1v) is 8.68. The van der Waals surface area contributed by atoms with Crippen LogP contribution in [0.5, 0.6) is 5.75 Å². The van der Waals surface area contributed by atoms with Gasteiger partial charge in [-0.1, -0.05) is 6.07 Å². The number of ether oxygens (including phenoxy) is 1. The molecule has 2 aromatic carbocycles. The average Bonchev–Trinajstić information content (AvgIpc) is 2.68. The van der Waals surface area contributed by atoms with E-state index in [1.165, 1.54) is 13.2 Å². The Labute approximate surface area is 157 Å². The molecule has 8 heteroatoms. The standard InChI is InChI=1S/C19H22N4O4/c1-14(24)21-8-10-22(11-9-21)16-5-3-4-15(12-16)20-18-7-6-17(27-2)13-19(18)23(25)26/h3-7,12-13,20H,8-11H2,1-2H3. The zero-order valence-electron chi connectivity index (χ0n) is 15.3. The van der Waals surface area contributed by atoms with Crippen LogP contribution in [-0.2, 0) is 4.79 Å². The number of anilines is 3. The van der Waals surface area contributed by atoms with Crippen LogP contribution in [-0.4, -0.2) is 49.0 Å². The van der Waals surface area contributed by atoms with Crippen molar-refractivity contribution < 1.29 is 14.5 Å². The summed E-state index contributed by atoms with van der Waals surface area (Å²) in [7, 11) is 1.47. The number of amides is 1. The molecular formula is C19H22N4O4. The predicted octanol–water partition coefficient (Wildman–Crippen LogP) is 3.02. The Morgan fingerprint density at radius 3 is 2.52 bits per heavy atom. The van der Waals surface area contributed by atoms with Crippen LogP contribution in [0.1, 0.15) is 6.92 Å². The first-order valence-electron chi connectivity index (χ1n) is 8.68. The van der Waals surface area contributed by atoms with Crippen molar-refractivity contribution in [3.8, 4) is 5.75 Å². The second-order valence-corrected chi connectivity index (χ2v) is 6.31. The topological polar surface area (TPSA) is 88.0 Å². The van der Waals surface area contributed by atoms with Crippen LogP contribution in [0, 0.1) is 10.1 Å². The SMILES string of the molecule is COc1ccc(Nc2cccc(N3CCN(C(C)=O)CC3)c2)c([N+](=O)[O-])c1. The van der Waals surface area contributed by atoms with Crippen LogP contribution in [0.25, 0.3) is 0 Å². The fourth-order valence-corrected chi connectivity index (χ4v) is 3.11. The summed E-state index contributed by atoms with van der Waals surface area (Å²) >= 11 is 0. The highest BCUT2D eigenvalue weighted by molar-refractivity contribution is 5.74. The molecule has 0 aliphatic carbocycles. The Kier molecular flexibility index (Phi) is 5.44. The van der Waals surface area contributed by atoms with Crippen LogP contribution in [0.2, 0.25) is 0 Å². The van der Waals surface area contributed by atoms with Crippen molar-refractivity contribution in [3.05, 3.63) is 52.6 Å². The number of hydrogen-bond donors (Lipinski definition) is 1. The summed E-state index contributed by atoms with van der Waals surface area (Å²) in [6.45, 7) is 4.48. The average molecular weight is 370 g/mol. The van der Waals surface area contributed by atoms with Gasteiger partial charge < -0.3 is 19.9 Å². The third-order valence-corrected chi connectivity index (χ3v) is 4.62. The molecule has 0 aromatic heterocycles. The smallest absolute Gasteiger partial charge is 0.296 e. The molecule has 1 heterocycles. The number of hydrogen-bond acceptors (Lipinski definition) is 6. The lowest BCUT2D eigenvalue weighted by atomic mass is 10.2. The summed E-state index contributed by atoms with van der Waals surface area (Å²) in [6.07, 6.45) is 0. The van der Waals surface area contributed by atoms with E-state index in [0.717, 1.165) is 24.5 Å². The molecule has 0 spiro atoms. The lowest BCUT2D eigenvalue weighted by molar-refractivity contribution is -0.384. The lowest BCUT2D eigenvalue weighted by Gasteiger charge is -2.35. The van der Waals surface area contributed by atoms with Gasteiger partial charge in [0.25, 0.3) is 5.69 Å². The molecule has 1 saturated heterocycles. The number of nitrogens with one attached hydrogen (secondary N) is 1. The molecule has 27 heavy (non-hydrogen) atoms. The minimum atomic E-state index is -0.435. The zero-order valence-corrected chi connectivity index (χ0v) is 15.3. The third kappa shape index (κ3) is 4.28. The molecule has 1 amide bonds. The van der Waals surface area contributed by atoms with Gasteiger partial charge >= 0.3 is 0 Å². The maximum atomic E-state index is 11.5. The Hall–Kier alpha value is -3.29. The van der Waals surface area contributed by atoms with Crippen molar-refractivity contribution in [3.63, 3.8) is 0 Å². The van der Waals surface area contributed by atoms with E-state index in [-0.39, 0.29) is 11.6 Å². The number of nitro benzene ring substituents is 1. The molecule has 3 rings (SSSR count). The van der Waals surface area contributed by atoms with Crippen LogP contribution >= 0.6 is 0 Å². The first-order chi connectivity index (χ1) is 13.0. The first kappa shape index (κ1) is 18.5. The molecule has 0 bridgehead atoms. The summed E-state index contributed by atoms with van der Waals surface area (Å²) < 4.78 is 5.07. The summed E-state index contributed by atoms with van der Waals surface area (Å²) in [6, 6.07) is 12.4. The number of nitrogens with zero attached hydrogens (tertiary/aromatic N) is 3. The molecule has 2 aromatic rings. The quantitative estimate of drug-likeness (QED) is 0.643. The summed E-state index contributed by atoms with van der Waals surface area (Å²) in [5.74, 6) is 0.529. The zero-order chi connectivity index (χ0) is 19.4. The van der Waals surface area contributed by atoms with Gasteiger partial charge in [0.05, 0.1) is 18.1 Å². The molecule has 1 N–H and O–H groups in total. The molecule has 0 unspecified atom stereocenters. The van der Waals surface area contributed by atoms with Gasteiger partial charge in [-0.25, -0.2) is 0 Å². The maximum absolute atomic E-state index is 11.5. The van der Waals surface area contributed by atoms with Crippen molar-refractivity contribution in [2.24, 2.45) is 0 Å². The van der Waals surface area contributed by atoms with Crippen LogP contribution in [0.15, 0.2) is 42.5 Å². The van der Waals surface area contributed by atoms with Gasteiger partial charge in [-0.2, -0.15) is 0 Å². The molecule has 0 radical (unpaired) electrons. The number of benzene rings is 2. The third-order valence-electron chi connectivity index (χ3n) is 4.62. The molecule has 0 atom stereocenters. The monoisotopic (exact) mass is 370 g/mol. The Bertz CT molecular complexity index is 847. The van der Waals surface area contributed by atoms with Gasteiger partial charge in [0, 0.05) is 44.5 Å². The molecule has 142 valence electrons. The Morgan fingerprint density at radius 2 is 1.89 bits per heavy atom. The molecule has 1 fully saturated rings. The summed E-state index contributed by atoms with van der Waals surface area (Å²) in [4.78, 5) is 26.4. The number of methoxy groups -OCH3 is 1. The van der Waals surface area contributed by atoms with Crippen LogP contribution < -0.4 is 15.0 Å². The van der Waals surface area contributed by atoms with Gasteiger partial charge in [-0.3, -0.25) is 14.9 Å². The van der Waals surface area contributed by atoms with Crippen LogP contribution in [0.4, 0.5) is 22.7 Å². The molecule has 0 saturated carbocycles. The number of piperazine rings is 1. The fourth-order valence-electron chi connectivity index (χ4n) is 3.11. The van der Waals surface area contributed by atoms with E-state index in [9.17, 15) is 14.9 Å². The van der Waals surface area contributed by atoms with E-state index in [1.54, 1.807) is 19.1 Å².